The first-order chi connectivity index (χ1) is 34.0. The molecular weight excluding hydrogens is 833 g/mol. The third kappa shape index (κ3) is 7.80. The molecule has 2 heteroatoms. The Bertz CT molecular complexity index is 3420. The lowest BCUT2D eigenvalue weighted by atomic mass is 9.82. The van der Waals surface area contributed by atoms with Gasteiger partial charge in [-0.15, -0.1) is 0 Å². The van der Waals surface area contributed by atoms with Gasteiger partial charge in [-0.2, -0.15) is 0 Å². The average molecular weight is 889 g/mol. The second-order valence-electron chi connectivity index (χ2n) is 19.5. The van der Waals surface area contributed by atoms with E-state index in [1.807, 2.05) is 0 Å². The van der Waals surface area contributed by atoms with Crippen LogP contribution in [-0.2, 0) is 5.41 Å². The summed E-state index contributed by atoms with van der Waals surface area (Å²) in [4.78, 5) is 4.95. The van der Waals surface area contributed by atoms with Crippen molar-refractivity contribution in [3.05, 3.63) is 253 Å². The normalized spacial score (nSPS) is 14.0. The van der Waals surface area contributed by atoms with Crippen molar-refractivity contribution in [2.45, 2.75) is 57.3 Å². The van der Waals surface area contributed by atoms with Crippen LogP contribution in [0.4, 0.5) is 34.1 Å². The van der Waals surface area contributed by atoms with Gasteiger partial charge in [-0.05, 0) is 164 Å². The minimum absolute atomic E-state index is 0.161. The molecule has 0 unspecified atom stereocenters. The van der Waals surface area contributed by atoms with Crippen LogP contribution in [0.5, 0.6) is 0 Å². The molecule has 0 bridgehead atoms. The summed E-state index contributed by atoms with van der Waals surface area (Å²) in [6, 6.07) is 88.1. The van der Waals surface area contributed by atoms with E-state index in [1.54, 1.807) is 0 Å². The largest absolute Gasteiger partial charge is 0.310 e. The molecule has 0 saturated heterocycles. The molecule has 0 aromatic heterocycles. The Hall–Kier alpha value is -7.94. The molecule has 1 fully saturated rings. The second-order valence-corrected chi connectivity index (χ2v) is 19.5. The van der Waals surface area contributed by atoms with Gasteiger partial charge in [0.2, 0.25) is 0 Å². The van der Waals surface area contributed by atoms with Gasteiger partial charge in [-0.25, -0.2) is 0 Å². The molecule has 0 heterocycles. The highest BCUT2D eigenvalue weighted by Crippen LogP contribution is 2.53. The lowest BCUT2D eigenvalue weighted by molar-refractivity contribution is 0.443. The fourth-order valence-electron chi connectivity index (χ4n) is 11.6. The summed E-state index contributed by atoms with van der Waals surface area (Å²) in [6.45, 7) is 4.75. The van der Waals surface area contributed by atoms with Crippen LogP contribution in [0.15, 0.2) is 237 Å². The molecule has 0 spiro atoms. The van der Waals surface area contributed by atoms with Gasteiger partial charge in [0, 0.05) is 39.5 Å². The highest BCUT2D eigenvalue weighted by Gasteiger charge is 2.36. The van der Waals surface area contributed by atoms with Crippen LogP contribution in [0.3, 0.4) is 0 Å². The third-order valence-corrected chi connectivity index (χ3v) is 15.0. The van der Waals surface area contributed by atoms with E-state index >= 15 is 0 Å². The summed E-state index contributed by atoms with van der Waals surface area (Å²) in [5.41, 5.74) is 20.4. The maximum absolute atomic E-state index is 2.48. The van der Waals surface area contributed by atoms with Crippen molar-refractivity contribution in [2.24, 2.45) is 0 Å². The number of anilines is 6. The van der Waals surface area contributed by atoms with E-state index in [9.17, 15) is 0 Å². The maximum atomic E-state index is 2.48. The highest BCUT2D eigenvalue weighted by atomic mass is 15.2. The number of fused-ring (bicyclic) bond motifs is 4. The molecule has 0 N–H and O–H groups in total. The van der Waals surface area contributed by atoms with Crippen molar-refractivity contribution in [3.63, 3.8) is 0 Å². The van der Waals surface area contributed by atoms with Crippen LogP contribution < -0.4 is 9.80 Å². The lowest BCUT2D eigenvalue weighted by Gasteiger charge is -2.32. The van der Waals surface area contributed by atoms with E-state index in [0.29, 0.717) is 5.92 Å². The molecule has 10 aromatic carbocycles. The first kappa shape index (κ1) is 42.4. The molecule has 334 valence electrons. The zero-order valence-corrected chi connectivity index (χ0v) is 39.5. The monoisotopic (exact) mass is 888 g/mol. The number of hydrogen-bond acceptors (Lipinski definition) is 2. The van der Waals surface area contributed by atoms with Crippen LogP contribution in [-0.4, -0.2) is 0 Å². The fourth-order valence-corrected chi connectivity index (χ4v) is 11.6. The minimum atomic E-state index is -0.161. The smallest absolute Gasteiger partial charge is 0.0488 e. The minimum Gasteiger partial charge on any atom is -0.310 e. The third-order valence-electron chi connectivity index (χ3n) is 15.0. The molecular formula is C67H56N2. The fraction of sp³-hybridized carbons (Fsp3) is 0.134. The van der Waals surface area contributed by atoms with Crippen LogP contribution >= 0.6 is 0 Å². The predicted octanol–water partition coefficient (Wildman–Crippen LogP) is 19.1. The Balaban J connectivity index is 1.16. The van der Waals surface area contributed by atoms with Crippen molar-refractivity contribution in [1.82, 2.24) is 0 Å². The number of nitrogens with zero attached hydrogens (tertiary/aromatic N) is 2. The van der Waals surface area contributed by atoms with E-state index in [2.05, 4.69) is 260 Å². The summed E-state index contributed by atoms with van der Waals surface area (Å²) >= 11 is 0. The topological polar surface area (TPSA) is 6.48 Å². The van der Waals surface area contributed by atoms with E-state index in [4.69, 9.17) is 0 Å². The lowest BCUT2D eigenvalue weighted by Crippen LogP contribution is -2.17. The summed E-state index contributed by atoms with van der Waals surface area (Å²) in [5.74, 6) is 0.623. The summed E-state index contributed by atoms with van der Waals surface area (Å²) in [5, 5.41) is 2.44. The van der Waals surface area contributed by atoms with Crippen molar-refractivity contribution in [1.29, 1.82) is 0 Å². The van der Waals surface area contributed by atoms with Gasteiger partial charge in [0.25, 0.3) is 0 Å². The van der Waals surface area contributed by atoms with E-state index in [-0.39, 0.29) is 5.41 Å². The number of benzene rings is 10. The summed E-state index contributed by atoms with van der Waals surface area (Å²) in [6.07, 6.45) is 6.52. The molecule has 0 aliphatic heterocycles. The molecule has 2 aliphatic rings. The van der Waals surface area contributed by atoms with Crippen LogP contribution in [0.2, 0.25) is 0 Å². The SMILES string of the molecule is CC1(C)c2ccccc2-c2ccc(N(c3ccccc3)c3cc(-c4c(-c5ccccc5)cc5ccccc5c4-c4ccccc4)cc(N(c4ccccc4)c4ccc(C5CCCCC5)cc4)c3)cc21. The number of rotatable bonds is 10. The quantitative estimate of drug-likeness (QED) is 0.135. The highest BCUT2D eigenvalue weighted by molar-refractivity contribution is 6.10. The second kappa shape index (κ2) is 17.9. The average Bonchev–Trinajstić information content (AvgIpc) is 3.64. The van der Waals surface area contributed by atoms with Crippen molar-refractivity contribution in [3.8, 4) is 44.5 Å². The summed E-state index contributed by atoms with van der Waals surface area (Å²) < 4.78 is 0. The molecule has 0 amide bonds. The number of para-hydroxylation sites is 2. The molecule has 1 saturated carbocycles. The van der Waals surface area contributed by atoms with Gasteiger partial charge in [0.15, 0.2) is 0 Å². The van der Waals surface area contributed by atoms with Gasteiger partial charge >= 0.3 is 0 Å². The van der Waals surface area contributed by atoms with Gasteiger partial charge in [0.1, 0.15) is 0 Å². The Morgan fingerprint density at radius 3 is 1.54 bits per heavy atom. The van der Waals surface area contributed by atoms with Crippen LogP contribution in [0.25, 0.3) is 55.3 Å². The molecule has 0 atom stereocenters. The molecule has 69 heavy (non-hydrogen) atoms. The van der Waals surface area contributed by atoms with E-state index in [1.165, 1.54) is 98.5 Å². The van der Waals surface area contributed by atoms with Crippen LogP contribution in [0.1, 0.15) is 68.6 Å². The van der Waals surface area contributed by atoms with Gasteiger partial charge < -0.3 is 9.80 Å². The number of hydrogen-bond donors (Lipinski definition) is 0. The van der Waals surface area contributed by atoms with E-state index < -0.39 is 0 Å². The Kier molecular flexibility index (Phi) is 11.0. The Morgan fingerprint density at radius 1 is 0.348 bits per heavy atom. The standard InChI is InChI=1S/C67H56N2/c1-67(2)63-35-21-20-34-60(63)61-41-40-56(46-64(61)67)69(54-31-16-7-17-32-54)58-43-52(42-57(45-58)68(53-29-14-6-15-30-53)55-38-36-48(37-39-55)47-22-8-3-9-23-47)66-62(49-24-10-4-11-25-49)44-51-28-18-19-33-59(51)65(66)50-26-12-5-13-27-50/h4-7,10-21,24-47H,3,8-9,22-23H2,1-2H3. The van der Waals surface area contributed by atoms with Crippen molar-refractivity contribution < 1.29 is 0 Å². The first-order valence-electron chi connectivity index (χ1n) is 24.9. The molecule has 12 rings (SSSR count). The zero-order valence-electron chi connectivity index (χ0n) is 39.5. The predicted molar refractivity (Wildman–Crippen MR) is 293 cm³/mol. The Morgan fingerprint density at radius 2 is 0.870 bits per heavy atom. The van der Waals surface area contributed by atoms with Gasteiger partial charge in [-0.3, -0.25) is 0 Å². The molecule has 10 aromatic rings. The summed E-state index contributed by atoms with van der Waals surface area (Å²) in [7, 11) is 0. The molecule has 0 radical (unpaired) electrons. The van der Waals surface area contributed by atoms with Gasteiger partial charge in [-0.1, -0.05) is 197 Å². The van der Waals surface area contributed by atoms with E-state index in [0.717, 1.165) is 39.7 Å². The molecule has 2 aliphatic carbocycles. The maximum Gasteiger partial charge on any atom is 0.0488 e. The Labute approximate surface area is 407 Å². The van der Waals surface area contributed by atoms with Crippen molar-refractivity contribution >= 4 is 44.9 Å². The van der Waals surface area contributed by atoms with Crippen LogP contribution in [0, 0.1) is 0 Å². The van der Waals surface area contributed by atoms with Crippen molar-refractivity contribution in [2.75, 3.05) is 9.80 Å². The zero-order chi connectivity index (χ0) is 46.3. The first-order valence-corrected chi connectivity index (χ1v) is 24.9. The molecule has 2 nitrogen and oxygen atoms in total. The van der Waals surface area contributed by atoms with Gasteiger partial charge in [0.05, 0.1) is 0 Å².